The predicted molar refractivity (Wildman–Crippen MR) is 182 cm³/mol. The molecule has 13 heteroatoms. The average Bonchev–Trinajstić information content (AvgIpc) is 3.65. The standard InChI is InChI=1S/C36H55N7O6/c1-5-10-25(29(44)34(48)39-23-15-16-23)40-33(47)28-24-14-9-13-22(24)20-43(28)35(49)30(36(2,3)4)42-32(46)27(21-11-7-6-8-12-21)41-31(45)26-19-37-17-18-38-26/h17-19,21-25,27-30,44H,5-16,20H2,1-4H3,(H,39,48)(H,40,47)(H,41,45)(H,42,46)/t22-,24-,25?,27-,28-,29-,30+/m0/s1. The molecule has 4 fully saturated rings. The number of aliphatic hydroxyl groups is 1. The van der Waals surface area contributed by atoms with Crippen molar-refractivity contribution in [2.24, 2.45) is 23.2 Å². The lowest BCUT2D eigenvalue weighted by Gasteiger charge is -2.38. The van der Waals surface area contributed by atoms with E-state index in [2.05, 4.69) is 31.2 Å². The van der Waals surface area contributed by atoms with Gasteiger partial charge in [0.05, 0.1) is 12.2 Å². The van der Waals surface area contributed by atoms with Gasteiger partial charge in [-0.15, -0.1) is 0 Å². The van der Waals surface area contributed by atoms with Crippen LogP contribution in [0, 0.1) is 23.2 Å². The van der Waals surface area contributed by atoms with Crippen molar-refractivity contribution >= 4 is 29.5 Å². The summed E-state index contributed by atoms with van der Waals surface area (Å²) in [5.74, 6) is -2.18. The molecule has 1 aliphatic heterocycles. The fraction of sp³-hybridized carbons (Fsp3) is 0.750. The van der Waals surface area contributed by atoms with Gasteiger partial charge in [0, 0.05) is 25.0 Å². The van der Waals surface area contributed by atoms with Crippen LogP contribution < -0.4 is 21.3 Å². The minimum atomic E-state index is -1.40. The van der Waals surface area contributed by atoms with Crippen molar-refractivity contribution in [3.05, 3.63) is 24.3 Å². The number of hydrogen-bond donors (Lipinski definition) is 5. The summed E-state index contributed by atoms with van der Waals surface area (Å²) in [7, 11) is 0. The van der Waals surface area contributed by atoms with Crippen LogP contribution in [0.15, 0.2) is 18.6 Å². The fourth-order valence-electron chi connectivity index (χ4n) is 8.00. The highest BCUT2D eigenvalue weighted by Gasteiger charge is 2.52. The number of aromatic nitrogens is 2. The molecule has 1 saturated heterocycles. The maximum atomic E-state index is 14.6. The zero-order valence-corrected chi connectivity index (χ0v) is 29.5. The van der Waals surface area contributed by atoms with Crippen molar-refractivity contribution in [2.45, 2.75) is 141 Å². The maximum absolute atomic E-state index is 14.6. The number of nitrogens with zero attached hydrogens (tertiary/aromatic N) is 3. The molecule has 2 heterocycles. The highest BCUT2D eigenvalue weighted by atomic mass is 16.3. The second-order valence-corrected chi connectivity index (χ2v) is 15.7. The predicted octanol–water partition coefficient (Wildman–Crippen LogP) is 2.24. The molecule has 0 spiro atoms. The van der Waals surface area contributed by atoms with Crippen LogP contribution in [0.5, 0.6) is 0 Å². The number of likely N-dealkylation sites (tertiary alicyclic amines) is 1. The Morgan fingerprint density at radius 3 is 2.29 bits per heavy atom. The SMILES string of the molecule is CCCC(NC(=O)[C@@H]1[C@H]2CCC[C@H]2CN1C(=O)[C@@H](NC(=O)[C@@H](NC(=O)c1cnccn1)C1CCCCC1)C(C)(C)C)[C@H](O)C(=O)NC1CC1. The molecule has 1 aromatic rings. The number of carbonyl (C=O) groups is 5. The molecule has 1 aromatic heterocycles. The first kappa shape index (κ1) is 36.7. The van der Waals surface area contributed by atoms with Crippen molar-refractivity contribution in [3.63, 3.8) is 0 Å². The van der Waals surface area contributed by atoms with Crippen LogP contribution in [0.1, 0.15) is 115 Å². The van der Waals surface area contributed by atoms with Crippen molar-refractivity contribution in [3.8, 4) is 0 Å². The Kier molecular flexibility index (Phi) is 11.9. The van der Waals surface area contributed by atoms with Gasteiger partial charge in [0.2, 0.25) is 17.7 Å². The fourth-order valence-corrected chi connectivity index (χ4v) is 8.00. The van der Waals surface area contributed by atoms with E-state index >= 15 is 0 Å². The Balaban J connectivity index is 1.35. The van der Waals surface area contributed by atoms with Gasteiger partial charge in [-0.25, -0.2) is 4.98 Å². The summed E-state index contributed by atoms with van der Waals surface area (Å²) in [4.78, 5) is 78.5. The Labute approximate surface area is 289 Å². The third kappa shape index (κ3) is 8.95. The van der Waals surface area contributed by atoms with Gasteiger partial charge in [-0.05, 0) is 68.1 Å². The van der Waals surface area contributed by atoms with Crippen LogP contribution in [-0.4, -0.2) is 92.4 Å². The number of rotatable bonds is 13. The van der Waals surface area contributed by atoms with Crippen molar-refractivity contribution in [1.29, 1.82) is 0 Å². The molecule has 3 aliphatic carbocycles. The van der Waals surface area contributed by atoms with E-state index in [1.807, 2.05) is 27.7 Å². The van der Waals surface area contributed by atoms with Crippen LogP contribution in [0.3, 0.4) is 0 Å². The first-order valence-electron chi connectivity index (χ1n) is 18.4. The number of fused-ring (bicyclic) bond motifs is 1. The van der Waals surface area contributed by atoms with Gasteiger partial charge in [-0.2, -0.15) is 0 Å². The molecule has 5 amide bonds. The van der Waals surface area contributed by atoms with Crippen molar-refractivity contribution < 1.29 is 29.1 Å². The lowest BCUT2D eigenvalue weighted by molar-refractivity contribution is -0.146. The average molecular weight is 682 g/mol. The maximum Gasteiger partial charge on any atom is 0.272 e. The van der Waals surface area contributed by atoms with E-state index in [4.69, 9.17) is 0 Å². The first-order chi connectivity index (χ1) is 23.4. The van der Waals surface area contributed by atoms with Gasteiger partial charge in [-0.3, -0.25) is 29.0 Å². The van der Waals surface area contributed by atoms with Crippen LogP contribution in [-0.2, 0) is 19.2 Å². The Hall–Kier alpha value is -3.61. The molecule has 3 saturated carbocycles. The van der Waals surface area contributed by atoms with Crippen LogP contribution >= 0.6 is 0 Å². The Morgan fingerprint density at radius 1 is 0.918 bits per heavy atom. The second kappa shape index (κ2) is 15.9. The lowest BCUT2D eigenvalue weighted by Crippen LogP contribution is -2.62. The lowest BCUT2D eigenvalue weighted by atomic mass is 9.82. The summed E-state index contributed by atoms with van der Waals surface area (Å²) in [6, 6.07) is -3.35. The van der Waals surface area contributed by atoms with Gasteiger partial charge < -0.3 is 31.3 Å². The molecule has 0 bridgehead atoms. The van der Waals surface area contributed by atoms with E-state index < -0.39 is 53.4 Å². The second-order valence-electron chi connectivity index (χ2n) is 15.7. The summed E-state index contributed by atoms with van der Waals surface area (Å²) < 4.78 is 0. The summed E-state index contributed by atoms with van der Waals surface area (Å²) >= 11 is 0. The van der Waals surface area contributed by atoms with Crippen LogP contribution in [0.4, 0.5) is 0 Å². The quantitative estimate of drug-likeness (QED) is 0.210. The van der Waals surface area contributed by atoms with E-state index in [1.54, 1.807) is 4.90 Å². The van der Waals surface area contributed by atoms with Gasteiger partial charge in [0.25, 0.3) is 11.8 Å². The minimum Gasteiger partial charge on any atom is -0.381 e. The minimum absolute atomic E-state index is 0.0544. The smallest absolute Gasteiger partial charge is 0.272 e. The number of aliphatic hydroxyl groups excluding tert-OH is 1. The number of amides is 5. The normalized spacial score (nSPS) is 25.0. The Bertz CT molecular complexity index is 1340. The summed E-state index contributed by atoms with van der Waals surface area (Å²) in [5, 5.41) is 22.6. The molecule has 270 valence electrons. The molecule has 1 unspecified atom stereocenters. The summed E-state index contributed by atoms with van der Waals surface area (Å²) in [6.07, 6.45) is 12.8. The monoisotopic (exact) mass is 681 g/mol. The number of carbonyl (C=O) groups excluding carboxylic acids is 5. The third-order valence-corrected chi connectivity index (χ3v) is 10.8. The molecule has 5 rings (SSSR count). The highest BCUT2D eigenvalue weighted by Crippen LogP contribution is 2.43. The topological polar surface area (TPSA) is 183 Å². The largest absolute Gasteiger partial charge is 0.381 e. The molecule has 0 radical (unpaired) electrons. The van der Waals surface area contributed by atoms with Gasteiger partial charge in [-0.1, -0.05) is 59.8 Å². The molecule has 0 aromatic carbocycles. The molecule has 5 N–H and O–H groups in total. The van der Waals surface area contributed by atoms with E-state index in [0.29, 0.717) is 19.4 Å². The van der Waals surface area contributed by atoms with Crippen molar-refractivity contribution in [1.82, 2.24) is 36.1 Å². The van der Waals surface area contributed by atoms with Crippen LogP contribution in [0.2, 0.25) is 0 Å². The van der Waals surface area contributed by atoms with Crippen LogP contribution in [0.25, 0.3) is 0 Å². The van der Waals surface area contributed by atoms with Gasteiger partial charge >= 0.3 is 0 Å². The van der Waals surface area contributed by atoms with E-state index in [9.17, 15) is 29.1 Å². The highest BCUT2D eigenvalue weighted by molar-refractivity contribution is 5.98. The molecular formula is C36H55N7O6. The molecule has 13 nitrogen and oxygen atoms in total. The Morgan fingerprint density at radius 2 is 1.65 bits per heavy atom. The summed E-state index contributed by atoms with van der Waals surface area (Å²) in [5.41, 5.74) is -0.618. The molecular weight excluding hydrogens is 626 g/mol. The van der Waals surface area contributed by atoms with Gasteiger partial charge in [0.1, 0.15) is 23.8 Å². The number of hydrogen-bond acceptors (Lipinski definition) is 8. The summed E-state index contributed by atoms with van der Waals surface area (Å²) in [6.45, 7) is 7.95. The van der Waals surface area contributed by atoms with Crippen molar-refractivity contribution in [2.75, 3.05) is 6.54 Å². The first-order valence-corrected chi connectivity index (χ1v) is 18.4. The van der Waals surface area contributed by atoms with E-state index in [1.165, 1.54) is 18.6 Å². The number of nitrogens with one attached hydrogen (secondary N) is 4. The van der Waals surface area contributed by atoms with E-state index in [0.717, 1.165) is 64.2 Å². The molecule has 4 aliphatic rings. The third-order valence-electron chi connectivity index (χ3n) is 10.8. The zero-order chi connectivity index (χ0) is 35.3. The van der Waals surface area contributed by atoms with E-state index in [-0.39, 0.29) is 41.3 Å². The molecule has 7 atom stereocenters. The molecule has 49 heavy (non-hydrogen) atoms. The zero-order valence-electron chi connectivity index (χ0n) is 29.5. The van der Waals surface area contributed by atoms with Gasteiger partial charge in [0.15, 0.2) is 6.10 Å².